The number of carbonyl (C=O) groups is 1. The highest BCUT2D eigenvalue weighted by Crippen LogP contribution is 2.36. The van der Waals surface area contributed by atoms with Crippen LogP contribution >= 0.6 is 11.8 Å². The van der Waals surface area contributed by atoms with Gasteiger partial charge < -0.3 is 10.2 Å². The van der Waals surface area contributed by atoms with E-state index in [-0.39, 0.29) is 5.91 Å². The van der Waals surface area contributed by atoms with Gasteiger partial charge in [-0.25, -0.2) is 0 Å². The Morgan fingerprint density at radius 2 is 2.35 bits per heavy atom. The minimum atomic E-state index is 0.145. The molecule has 1 atom stereocenters. The fraction of sp³-hybridized carbons (Fsp3) is 0.462. The molecule has 1 fully saturated rings. The van der Waals surface area contributed by atoms with E-state index in [1.54, 1.807) is 0 Å². The van der Waals surface area contributed by atoms with Crippen LogP contribution < -0.4 is 10.2 Å². The van der Waals surface area contributed by atoms with Gasteiger partial charge in [0.15, 0.2) is 0 Å². The largest absolute Gasteiger partial charge is 0.364 e. The number of fused-ring (bicyclic) bond motifs is 3. The van der Waals surface area contributed by atoms with Crippen LogP contribution in [0.4, 0.5) is 11.4 Å². The molecule has 0 aliphatic carbocycles. The molecule has 3 nitrogen and oxygen atoms in total. The summed E-state index contributed by atoms with van der Waals surface area (Å²) in [4.78, 5) is 14.3. The van der Waals surface area contributed by atoms with Crippen LogP contribution in [0.25, 0.3) is 0 Å². The Morgan fingerprint density at radius 1 is 1.47 bits per heavy atom. The second-order valence-corrected chi connectivity index (χ2v) is 5.80. The highest BCUT2D eigenvalue weighted by atomic mass is 32.2. The third kappa shape index (κ3) is 1.90. The number of para-hydroxylation sites is 1. The number of hydrogen-bond donors (Lipinski definition) is 1. The zero-order chi connectivity index (χ0) is 11.8. The topological polar surface area (TPSA) is 32.3 Å². The van der Waals surface area contributed by atoms with Gasteiger partial charge in [-0.2, -0.15) is 11.8 Å². The molecule has 1 aromatic rings. The number of amides is 1. The minimum Gasteiger partial charge on any atom is -0.364 e. The molecule has 2 aliphatic heterocycles. The van der Waals surface area contributed by atoms with Crippen LogP contribution in [0.1, 0.15) is 12.0 Å². The number of hydrogen-bond acceptors (Lipinski definition) is 3. The van der Waals surface area contributed by atoms with Crippen molar-refractivity contribution in [2.24, 2.45) is 0 Å². The Bertz CT molecular complexity index is 461. The number of carbonyl (C=O) groups excluding carboxylic acids is 1. The van der Waals surface area contributed by atoms with Crippen molar-refractivity contribution in [2.45, 2.75) is 19.4 Å². The zero-order valence-electron chi connectivity index (χ0n) is 9.90. The molecule has 0 radical (unpaired) electrons. The summed E-state index contributed by atoms with van der Waals surface area (Å²) < 4.78 is 0. The van der Waals surface area contributed by atoms with E-state index < -0.39 is 0 Å². The third-order valence-corrected chi connectivity index (χ3v) is 4.54. The number of rotatable bonds is 0. The first-order chi connectivity index (χ1) is 8.25. The molecule has 17 heavy (non-hydrogen) atoms. The molecule has 0 aromatic heterocycles. The molecular formula is C13H16N2OS. The van der Waals surface area contributed by atoms with E-state index in [1.165, 1.54) is 11.3 Å². The summed E-state index contributed by atoms with van der Waals surface area (Å²) in [7, 11) is 0. The summed E-state index contributed by atoms with van der Waals surface area (Å²) in [6.45, 7) is 3.16. The van der Waals surface area contributed by atoms with Crippen LogP contribution in [0.15, 0.2) is 18.2 Å². The van der Waals surface area contributed by atoms with Gasteiger partial charge in [-0.05, 0) is 18.6 Å². The second-order valence-electron chi connectivity index (χ2n) is 4.65. The van der Waals surface area contributed by atoms with Crippen molar-refractivity contribution < 1.29 is 4.79 Å². The van der Waals surface area contributed by atoms with Crippen LogP contribution in [0.3, 0.4) is 0 Å². The van der Waals surface area contributed by atoms with E-state index in [9.17, 15) is 4.79 Å². The molecule has 0 saturated carbocycles. The van der Waals surface area contributed by atoms with Gasteiger partial charge >= 0.3 is 0 Å². The Labute approximate surface area is 106 Å². The fourth-order valence-corrected chi connectivity index (χ4v) is 3.74. The van der Waals surface area contributed by atoms with Gasteiger partial charge in [-0.3, -0.25) is 4.79 Å². The average Bonchev–Trinajstić information content (AvgIpc) is 2.44. The van der Waals surface area contributed by atoms with Gasteiger partial charge in [0.2, 0.25) is 5.91 Å². The summed E-state index contributed by atoms with van der Waals surface area (Å²) in [5.41, 5.74) is 3.45. The van der Waals surface area contributed by atoms with Gasteiger partial charge in [-0.1, -0.05) is 12.1 Å². The first-order valence-corrected chi connectivity index (χ1v) is 7.15. The van der Waals surface area contributed by atoms with Crippen molar-refractivity contribution in [2.75, 3.05) is 28.3 Å². The minimum absolute atomic E-state index is 0.145. The maximum Gasteiger partial charge on any atom is 0.226 e. The third-order valence-electron chi connectivity index (χ3n) is 3.45. The SMILES string of the molecule is Cc1cccc2c1N1CCSCC1CC(=O)N2. The molecule has 1 N–H and O–H groups in total. The predicted molar refractivity (Wildman–Crippen MR) is 72.9 cm³/mol. The van der Waals surface area contributed by atoms with Crippen LogP contribution in [0.5, 0.6) is 0 Å². The van der Waals surface area contributed by atoms with Crippen LogP contribution in [-0.4, -0.2) is 30.0 Å². The molecule has 2 aliphatic rings. The lowest BCUT2D eigenvalue weighted by Crippen LogP contribution is -2.43. The van der Waals surface area contributed by atoms with Crippen molar-refractivity contribution in [1.29, 1.82) is 0 Å². The predicted octanol–water partition coefficient (Wildman–Crippen LogP) is 2.26. The number of benzene rings is 1. The summed E-state index contributed by atoms with van der Waals surface area (Å²) in [6.07, 6.45) is 0.612. The number of nitrogens with one attached hydrogen (secondary N) is 1. The van der Waals surface area contributed by atoms with Crippen molar-refractivity contribution in [3.05, 3.63) is 23.8 Å². The molecule has 0 bridgehead atoms. The molecular weight excluding hydrogens is 232 g/mol. The number of nitrogens with zero attached hydrogens (tertiary/aromatic N) is 1. The van der Waals surface area contributed by atoms with Crippen LogP contribution in [-0.2, 0) is 4.79 Å². The van der Waals surface area contributed by atoms with Crippen molar-refractivity contribution in [1.82, 2.24) is 0 Å². The van der Waals surface area contributed by atoms with Gasteiger partial charge in [0.1, 0.15) is 0 Å². The van der Waals surface area contributed by atoms with E-state index in [4.69, 9.17) is 0 Å². The van der Waals surface area contributed by atoms with Gasteiger partial charge in [0.05, 0.1) is 11.4 Å². The molecule has 0 spiro atoms. The van der Waals surface area contributed by atoms with Crippen molar-refractivity contribution >= 4 is 29.0 Å². The molecule has 2 heterocycles. The van der Waals surface area contributed by atoms with E-state index >= 15 is 0 Å². The molecule has 3 rings (SSSR count). The lowest BCUT2D eigenvalue weighted by atomic mass is 10.1. The first-order valence-electron chi connectivity index (χ1n) is 5.99. The highest BCUT2D eigenvalue weighted by Gasteiger charge is 2.30. The molecule has 4 heteroatoms. The number of thioether (sulfide) groups is 1. The summed E-state index contributed by atoms with van der Waals surface area (Å²) in [5, 5.41) is 3.03. The zero-order valence-corrected chi connectivity index (χ0v) is 10.7. The lowest BCUT2D eigenvalue weighted by molar-refractivity contribution is -0.116. The maximum absolute atomic E-state index is 11.9. The Hall–Kier alpha value is -1.16. The molecule has 90 valence electrons. The van der Waals surface area contributed by atoms with Crippen LogP contribution in [0.2, 0.25) is 0 Å². The van der Waals surface area contributed by atoms with Gasteiger partial charge in [-0.15, -0.1) is 0 Å². The van der Waals surface area contributed by atoms with E-state index in [0.717, 1.165) is 23.7 Å². The highest BCUT2D eigenvalue weighted by molar-refractivity contribution is 7.99. The monoisotopic (exact) mass is 248 g/mol. The van der Waals surface area contributed by atoms with E-state index in [2.05, 4.69) is 23.2 Å². The van der Waals surface area contributed by atoms with Gasteiger partial charge in [0.25, 0.3) is 0 Å². The Morgan fingerprint density at radius 3 is 3.24 bits per heavy atom. The number of aryl methyl sites for hydroxylation is 1. The Kier molecular flexibility index (Phi) is 2.74. The summed E-state index contributed by atoms with van der Waals surface area (Å²) >= 11 is 1.95. The first kappa shape index (κ1) is 11.0. The summed E-state index contributed by atoms with van der Waals surface area (Å²) in [6, 6.07) is 6.49. The fourth-order valence-electron chi connectivity index (χ4n) is 2.67. The number of anilines is 2. The molecule has 1 aromatic carbocycles. The smallest absolute Gasteiger partial charge is 0.226 e. The normalized spacial score (nSPS) is 23.5. The van der Waals surface area contributed by atoms with E-state index in [1.807, 2.05) is 23.9 Å². The molecule has 1 unspecified atom stereocenters. The second kappa shape index (κ2) is 4.26. The van der Waals surface area contributed by atoms with E-state index in [0.29, 0.717) is 12.5 Å². The van der Waals surface area contributed by atoms with Gasteiger partial charge in [0, 0.05) is 30.5 Å². The standard InChI is InChI=1S/C13H16N2OS/c1-9-3-2-4-11-13(9)15-5-6-17-8-10(15)7-12(16)14-11/h2-4,10H,5-8H2,1H3,(H,14,16). The van der Waals surface area contributed by atoms with Crippen molar-refractivity contribution in [3.63, 3.8) is 0 Å². The quantitative estimate of drug-likeness (QED) is 0.764. The summed E-state index contributed by atoms with van der Waals surface area (Å²) in [5.74, 6) is 2.35. The Balaban J connectivity index is 2.10. The lowest BCUT2D eigenvalue weighted by Gasteiger charge is -2.36. The maximum atomic E-state index is 11.9. The molecule has 1 amide bonds. The van der Waals surface area contributed by atoms with Crippen molar-refractivity contribution in [3.8, 4) is 0 Å². The molecule has 1 saturated heterocycles. The van der Waals surface area contributed by atoms with Crippen LogP contribution in [0, 0.1) is 6.92 Å². The average molecular weight is 248 g/mol.